The van der Waals surface area contributed by atoms with Crippen LogP contribution in [0.25, 0.3) is 0 Å². The van der Waals surface area contributed by atoms with Crippen molar-refractivity contribution in [1.82, 2.24) is 9.80 Å². The maximum Gasteiger partial charge on any atom is 0.418 e. The van der Waals surface area contributed by atoms with E-state index in [2.05, 4.69) is 0 Å². The second kappa shape index (κ2) is 9.67. The lowest BCUT2D eigenvalue weighted by Crippen LogP contribution is -2.44. The van der Waals surface area contributed by atoms with Crippen LogP contribution >= 0.6 is 0 Å². The molecule has 1 aliphatic carbocycles. The number of rotatable bonds is 5. The first-order valence-electron chi connectivity index (χ1n) is 8.77. The molecule has 1 saturated carbocycles. The number of nitrogens with zero attached hydrogens (tertiary/aromatic N) is 3. The third-order valence-corrected chi connectivity index (χ3v) is 4.58. The van der Waals surface area contributed by atoms with Crippen molar-refractivity contribution in [3.8, 4) is 6.19 Å². The van der Waals surface area contributed by atoms with Gasteiger partial charge in [0.25, 0.3) is 0 Å². The molecule has 0 saturated heterocycles. The number of imide groups is 1. The van der Waals surface area contributed by atoms with Gasteiger partial charge in [-0.25, -0.2) is 19.4 Å². The summed E-state index contributed by atoms with van der Waals surface area (Å²) in [5.74, 6) is 0.526. The molecule has 6 heteroatoms. The molecule has 0 radical (unpaired) electrons. The van der Waals surface area contributed by atoms with E-state index in [1.807, 2.05) is 30.3 Å². The number of carbonyl (C=O) groups is 2. The molecule has 134 valence electrons. The molecule has 25 heavy (non-hydrogen) atoms. The first kappa shape index (κ1) is 18.8. The van der Waals surface area contributed by atoms with Crippen molar-refractivity contribution in [3.63, 3.8) is 0 Å². The van der Waals surface area contributed by atoms with Gasteiger partial charge in [0.15, 0.2) is 6.19 Å². The van der Waals surface area contributed by atoms with Gasteiger partial charge >= 0.3 is 12.1 Å². The van der Waals surface area contributed by atoms with Crippen LogP contribution in [0.1, 0.15) is 44.1 Å². The summed E-state index contributed by atoms with van der Waals surface area (Å²) in [5, 5.41) is 8.94. The van der Waals surface area contributed by atoms with Crippen molar-refractivity contribution in [3.05, 3.63) is 35.9 Å². The standard InChI is InChI=1S/C19H25N3O3/c1-21(15-20)18(23)22(13-12-16-8-4-2-5-9-16)19(24)25-14-17-10-6-3-7-11-17/h3,6-7,10-11,16H,2,4-5,8-9,12-14H2,1H3. The van der Waals surface area contributed by atoms with Crippen LogP contribution < -0.4 is 0 Å². The summed E-state index contributed by atoms with van der Waals surface area (Å²) in [6.07, 6.45) is 7.73. The lowest BCUT2D eigenvalue weighted by molar-refractivity contribution is 0.0965. The Balaban J connectivity index is 1.95. The summed E-state index contributed by atoms with van der Waals surface area (Å²) < 4.78 is 5.28. The fourth-order valence-corrected chi connectivity index (χ4v) is 3.07. The number of benzene rings is 1. The highest BCUT2D eigenvalue weighted by Gasteiger charge is 2.27. The Labute approximate surface area is 149 Å². The van der Waals surface area contributed by atoms with Crippen molar-refractivity contribution in [2.24, 2.45) is 5.92 Å². The fourth-order valence-electron chi connectivity index (χ4n) is 3.07. The molecule has 0 unspecified atom stereocenters. The maximum atomic E-state index is 12.4. The summed E-state index contributed by atoms with van der Waals surface area (Å²) in [4.78, 5) is 26.6. The number of ether oxygens (including phenoxy) is 1. The van der Waals surface area contributed by atoms with Gasteiger partial charge in [-0.3, -0.25) is 0 Å². The van der Waals surface area contributed by atoms with Gasteiger partial charge in [-0.1, -0.05) is 62.4 Å². The third-order valence-electron chi connectivity index (χ3n) is 4.58. The van der Waals surface area contributed by atoms with Gasteiger partial charge in [-0.15, -0.1) is 0 Å². The Kier molecular flexibility index (Phi) is 7.27. The molecule has 0 N–H and O–H groups in total. The molecule has 1 aliphatic rings. The molecule has 0 bridgehead atoms. The minimum Gasteiger partial charge on any atom is -0.444 e. The minimum atomic E-state index is -0.702. The first-order valence-corrected chi connectivity index (χ1v) is 8.77. The average Bonchev–Trinajstić information content (AvgIpc) is 2.67. The fraction of sp³-hybridized carbons (Fsp3) is 0.526. The van der Waals surface area contributed by atoms with Gasteiger partial charge in [0, 0.05) is 13.6 Å². The maximum absolute atomic E-state index is 12.4. The van der Waals surface area contributed by atoms with Crippen LogP contribution in [0.3, 0.4) is 0 Å². The topological polar surface area (TPSA) is 73.6 Å². The van der Waals surface area contributed by atoms with Crippen molar-refractivity contribution in [1.29, 1.82) is 5.26 Å². The highest BCUT2D eigenvalue weighted by molar-refractivity contribution is 5.91. The van der Waals surface area contributed by atoms with Crippen molar-refractivity contribution >= 4 is 12.1 Å². The van der Waals surface area contributed by atoms with Crippen molar-refractivity contribution in [2.75, 3.05) is 13.6 Å². The number of hydrogen-bond acceptors (Lipinski definition) is 4. The summed E-state index contributed by atoms with van der Waals surface area (Å²) in [5.41, 5.74) is 0.851. The molecule has 0 heterocycles. The average molecular weight is 343 g/mol. The molecule has 1 aromatic carbocycles. The summed E-state index contributed by atoms with van der Waals surface area (Å²) in [6.45, 7) is 0.381. The van der Waals surface area contributed by atoms with Gasteiger partial charge in [0.05, 0.1) is 0 Å². The Morgan fingerprint density at radius 1 is 1.20 bits per heavy atom. The van der Waals surface area contributed by atoms with Gasteiger partial charge in [0.1, 0.15) is 6.61 Å². The Hall–Kier alpha value is -2.55. The van der Waals surface area contributed by atoms with Crippen LogP contribution in [-0.2, 0) is 11.3 Å². The molecular weight excluding hydrogens is 318 g/mol. The number of urea groups is 1. The van der Waals surface area contributed by atoms with E-state index in [0.29, 0.717) is 5.92 Å². The molecule has 1 aromatic rings. The normalized spacial score (nSPS) is 14.4. The van der Waals surface area contributed by atoms with E-state index in [1.165, 1.54) is 26.3 Å². The van der Waals surface area contributed by atoms with Crippen molar-refractivity contribution < 1.29 is 14.3 Å². The highest BCUT2D eigenvalue weighted by Crippen LogP contribution is 2.26. The van der Waals surface area contributed by atoms with Crippen LogP contribution in [0.4, 0.5) is 9.59 Å². The monoisotopic (exact) mass is 343 g/mol. The lowest BCUT2D eigenvalue weighted by Gasteiger charge is -2.26. The van der Waals surface area contributed by atoms with E-state index in [0.717, 1.165) is 34.6 Å². The smallest absolute Gasteiger partial charge is 0.418 e. The number of hydrogen-bond donors (Lipinski definition) is 0. The molecule has 1 fully saturated rings. The molecule has 2 rings (SSSR count). The quantitative estimate of drug-likeness (QED) is 0.595. The highest BCUT2D eigenvalue weighted by atomic mass is 16.6. The van der Waals surface area contributed by atoms with E-state index in [-0.39, 0.29) is 13.2 Å². The Bertz CT molecular complexity index is 606. The largest absolute Gasteiger partial charge is 0.444 e. The van der Waals surface area contributed by atoms with Gasteiger partial charge in [0.2, 0.25) is 0 Å². The zero-order valence-corrected chi connectivity index (χ0v) is 14.7. The van der Waals surface area contributed by atoms with Crippen LogP contribution in [0.2, 0.25) is 0 Å². The SMILES string of the molecule is CN(C#N)C(=O)N(CCC1CCCCC1)C(=O)OCc1ccccc1. The molecule has 0 aromatic heterocycles. The van der Waals surface area contributed by atoms with Crippen molar-refractivity contribution in [2.45, 2.75) is 45.1 Å². The second-order valence-corrected chi connectivity index (χ2v) is 6.43. The zero-order valence-electron chi connectivity index (χ0n) is 14.7. The van der Waals surface area contributed by atoms with E-state index in [9.17, 15) is 9.59 Å². The third kappa shape index (κ3) is 5.79. The lowest BCUT2D eigenvalue weighted by atomic mass is 9.87. The van der Waals surface area contributed by atoms with Gasteiger partial charge in [-0.2, -0.15) is 5.26 Å². The van der Waals surface area contributed by atoms with Crippen LogP contribution in [0, 0.1) is 17.4 Å². The molecule has 6 nitrogen and oxygen atoms in total. The molecule has 0 atom stereocenters. The minimum absolute atomic E-state index is 0.100. The van der Waals surface area contributed by atoms with E-state index < -0.39 is 12.1 Å². The van der Waals surface area contributed by atoms with E-state index >= 15 is 0 Å². The Morgan fingerprint density at radius 3 is 2.52 bits per heavy atom. The number of amides is 3. The van der Waals surface area contributed by atoms with Crippen LogP contribution in [-0.4, -0.2) is 35.5 Å². The summed E-state index contributed by atoms with van der Waals surface area (Å²) in [6, 6.07) is 8.66. The van der Waals surface area contributed by atoms with Crippen LogP contribution in [0.15, 0.2) is 30.3 Å². The summed E-state index contributed by atoms with van der Waals surface area (Å²) >= 11 is 0. The molecule has 0 aliphatic heterocycles. The van der Waals surface area contributed by atoms with Gasteiger partial charge < -0.3 is 4.74 Å². The second-order valence-electron chi connectivity index (χ2n) is 6.43. The predicted octanol–water partition coefficient (Wildman–Crippen LogP) is 4.13. The van der Waals surface area contributed by atoms with E-state index in [1.54, 1.807) is 6.19 Å². The van der Waals surface area contributed by atoms with Crippen LogP contribution in [0.5, 0.6) is 0 Å². The zero-order chi connectivity index (χ0) is 18.1. The molecular formula is C19H25N3O3. The number of carbonyl (C=O) groups excluding carboxylic acids is 2. The molecule has 0 spiro atoms. The Morgan fingerprint density at radius 2 is 1.88 bits per heavy atom. The van der Waals surface area contributed by atoms with Gasteiger partial charge in [-0.05, 0) is 17.9 Å². The number of nitriles is 1. The first-order chi connectivity index (χ1) is 12.1. The van der Waals surface area contributed by atoms with E-state index in [4.69, 9.17) is 10.00 Å². The summed E-state index contributed by atoms with van der Waals surface area (Å²) in [7, 11) is 1.35. The predicted molar refractivity (Wildman–Crippen MR) is 93.3 cm³/mol. The molecule has 3 amide bonds.